The smallest absolute Gasteiger partial charge is 0.311 e. The molecule has 1 heterocycles. The van der Waals surface area contributed by atoms with Crippen LogP contribution in [0.15, 0.2) is 77.2 Å². The van der Waals surface area contributed by atoms with Gasteiger partial charge in [-0.3, -0.25) is 4.79 Å². The third kappa shape index (κ3) is 3.54. The van der Waals surface area contributed by atoms with E-state index < -0.39 is 0 Å². The van der Waals surface area contributed by atoms with Gasteiger partial charge in [0.1, 0.15) is 22.7 Å². The van der Waals surface area contributed by atoms with Crippen LogP contribution in [-0.2, 0) is 4.79 Å². The van der Waals surface area contributed by atoms with E-state index >= 15 is 0 Å². The topological polar surface area (TPSA) is 48.7 Å². The zero-order chi connectivity index (χ0) is 17.8. The molecular formula is C22H18O4. The van der Waals surface area contributed by atoms with E-state index in [1.54, 1.807) is 6.07 Å². The molecule has 3 aromatic carbocycles. The maximum atomic E-state index is 12.1. The lowest BCUT2D eigenvalue weighted by molar-refractivity contribution is -0.134. The number of carbonyl (C=O) groups is 1. The highest BCUT2D eigenvalue weighted by molar-refractivity contribution is 6.05. The number of furan rings is 1. The molecule has 1 aromatic heterocycles. The Hall–Kier alpha value is -3.27. The third-order valence-electron chi connectivity index (χ3n) is 4.12. The number of fused-ring (bicyclic) bond motifs is 3. The van der Waals surface area contributed by atoms with Crippen LogP contribution in [0.3, 0.4) is 0 Å². The summed E-state index contributed by atoms with van der Waals surface area (Å²) >= 11 is 0. The molecule has 4 aromatic rings. The predicted molar refractivity (Wildman–Crippen MR) is 101 cm³/mol. The van der Waals surface area contributed by atoms with Crippen molar-refractivity contribution < 1.29 is 18.7 Å². The van der Waals surface area contributed by atoms with Gasteiger partial charge in [0.25, 0.3) is 0 Å². The van der Waals surface area contributed by atoms with E-state index in [-0.39, 0.29) is 5.97 Å². The molecule has 0 aliphatic heterocycles. The molecule has 0 atom stereocenters. The molecular weight excluding hydrogens is 328 g/mol. The molecule has 26 heavy (non-hydrogen) atoms. The number of para-hydroxylation sites is 2. The van der Waals surface area contributed by atoms with Crippen molar-refractivity contribution in [2.24, 2.45) is 0 Å². The van der Waals surface area contributed by atoms with Crippen molar-refractivity contribution in [3.8, 4) is 11.5 Å². The van der Waals surface area contributed by atoms with Crippen molar-refractivity contribution in [3.63, 3.8) is 0 Å². The Kier molecular flexibility index (Phi) is 4.56. The molecule has 0 saturated carbocycles. The lowest BCUT2D eigenvalue weighted by atomic mass is 10.1. The quantitative estimate of drug-likeness (QED) is 0.268. The molecule has 0 bridgehead atoms. The Morgan fingerprint density at radius 1 is 0.808 bits per heavy atom. The van der Waals surface area contributed by atoms with Gasteiger partial charge in [0.15, 0.2) is 0 Å². The summed E-state index contributed by atoms with van der Waals surface area (Å²) in [6, 6.07) is 22.8. The number of ether oxygens (including phenoxy) is 2. The van der Waals surface area contributed by atoms with Crippen LogP contribution in [0, 0.1) is 0 Å². The molecule has 0 amide bonds. The molecule has 4 heteroatoms. The minimum absolute atomic E-state index is 0.270. The van der Waals surface area contributed by atoms with Gasteiger partial charge in [-0.25, -0.2) is 0 Å². The van der Waals surface area contributed by atoms with Crippen LogP contribution in [0.25, 0.3) is 21.9 Å². The van der Waals surface area contributed by atoms with Gasteiger partial charge in [-0.05, 0) is 42.8 Å². The van der Waals surface area contributed by atoms with E-state index in [0.29, 0.717) is 25.2 Å². The Bertz CT molecular complexity index is 1030. The van der Waals surface area contributed by atoms with E-state index in [1.807, 2.05) is 66.7 Å². The normalized spacial score (nSPS) is 10.9. The Morgan fingerprint density at radius 2 is 1.58 bits per heavy atom. The number of benzene rings is 3. The van der Waals surface area contributed by atoms with Gasteiger partial charge >= 0.3 is 5.97 Å². The molecule has 0 fully saturated rings. The number of hydrogen-bond acceptors (Lipinski definition) is 4. The van der Waals surface area contributed by atoms with Crippen LogP contribution in [0.1, 0.15) is 12.8 Å². The molecule has 130 valence electrons. The monoisotopic (exact) mass is 346 g/mol. The van der Waals surface area contributed by atoms with Crippen LogP contribution in [0.4, 0.5) is 0 Å². The van der Waals surface area contributed by atoms with Gasteiger partial charge in [-0.2, -0.15) is 0 Å². The summed E-state index contributed by atoms with van der Waals surface area (Å²) in [5.41, 5.74) is 1.60. The summed E-state index contributed by atoms with van der Waals surface area (Å²) in [6.45, 7) is 0.477. The summed E-state index contributed by atoms with van der Waals surface area (Å²) < 4.78 is 16.8. The Morgan fingerprint density at radius 3 is 2.46 bits per heavy atom. The van der Waals surface area contributed by atoms with Crippen molar-refractivity contribution >= 4 is 27.9 Å². The van der Waals surface area contributed by atoms with E-state index in [9.17, 15) is 4.79 Å². The fraction of sp³-hybridized carbons (Fsp3) is 0.136. The number of hydrogen-bond donors (Lipinski definition) is 0. The van der Waals surface area contributed by atoms with Crippen molar-refractivity contribution in [1.29, 1.82) is 0 Å². The fourth-order valence-electron chi connectivity index (χ4n) is 2.87. The van der Waals surface area contributed by atoms with Crippen molar-refractivity contribution in [2.75, 3.05) is 6.61 Å². The highest BCUT2D eigenvalue weighted by atomic mass is 16.5. The second-order valence-electron chi connectivity index (χ2n) is 6.00. The molecule has 4 rings (SSSR count). The van der Waals surface area contributed by atoms with Gasteiger partial charge in [0.05, 0.1) is 6.61 Å². The van der Waals surface area contributed by atoms with E-state index in [1.165, 1.54) is 0 Å². The van der Waals surface area contributed by atoms with E-state index in [4.69, 9.17) is 13.9 Å². The molecule has 0 N–H and O–H groups in total. The third-order valence-corrected chi connectivity index (χ3v) is 4.12. The summed E-state index contributed by atoms with van der Waals surface area (Å²) in [4.78, 5) is 12.1. The van der Waals surface area contributed by atoms with E-state index in [2.05, 4.69) is 0 Å². The average Bonchev–Trinajstić information content (AvgIpc) is 3.04. The Balaban J connectivity index is 1.36. The average molecular weight is 346 g/mol. The van der Waals surface area contributed by atoms with Crippen LogP contribution in [0.2, 0.25) is 0 Å². The first-order valence-corrected chi connectivity index (χ1v) is 8.59. The van der Waals surface area contributed by atoms with Gasteiger partial charge in [0.2, 0.25) is 0 Å². The van der Waals surface area contributed by atoms with Crippen LogP contribution in [-0.4, -0.2) is 12.6 Å². The second kappa shape index (κ2) is 7.31. The molecule has 0 aliphatic carbocycles. The van der Waals surface area contributed by atoms with Crippen molar-refractivity contribution in [1.82, 2.24) is 0 Å². The van der Waals surface area contributed by atoms with Gasteiger partial charge in [0, 0.05) is 17.2 Å². The molecule has 0 radical (unpaired) electrons. The minimum Gasteiger partial charge on any atom is -0.494 e. The maximum Gasteiger partial charge on any atom is 0.311 e. The van der Waals surface area contributed by atoms with Crippen LogP contribution >= 0.6 is 0 Å². The summed E-state index contributed by atoms with van der Waals surface area (Å²) in [5, 5.41) is 1.95. The number of rotatable bonds is 6. The van der Waals surface area contributed by atoms with Gasteiger partial charge in [-0.1, -0.05) is 36.4 Å². The predicted octanol–water partition coefficient (Wildman–Crippen LogP) is 5.35. The molecule has 0 spiro atoms. The highest BCUT2D eigenvalue weighted by Gasteiger charge is 2.10. The minimum atomic E-state index is -0.270. The largest absolute Gasteiger partial charge is 0.494 e. The zero-order valence-electron chi connectivity index (χ0n) is 14.2. The number of carbonyl (C=O) groups excluding carboxylic acids is 1. The van der Waals surface area contributed by atoms with Crippen LogP contribution < -0.4 is 9.47 Å². The van der Waals surface area contributed by atoms with E-state index in [0.717, 1.165) is 27.7 Å². The van der Waals surface area contributed by atoms with Gasteiger partial charge in [-0.15, -0.1) is 0 Å². The highest BCUT2D eigenvalue weighted by Crippen LogP contribution is 2.31. The molecule has 0 unspecified atom stereocenters. The van der Waals surface area contributed by atoms with Crippen molar-refractivity contribution in [3.05, 3.63) is 72.8 Å². The fourth-order valence-corrected chi connectivity index (χ4v) is 2.87. The summed E-state index contributed by atoms with van der Waals surface area (Å²) in [7, 11) is 0. The maximum absolute atomic E-state index is 12.1. The van der Waals surface area contributed by atoms with Crippen molar-refractivity contribution in [2.45, 2.75) is 12.8 Å². The van der Waals surface area contributed by atoms with Crippen LogP contribution in [0.5, 0.6) is 11.5 Å². The first-order chi connectivity index (χ1) is 12.8. The van der Waals surface area contributed by atoms with Gasteiger partial charge < -0.3 is 13.9 Å². The number of esters is 1. The molecule has 0 saturated heterocycles. The zero-order valence-corrected chi connectivity index (χ0v) is 14.2. The molecule has 4 nitrogen and oxygen atoms in total. The Labute approximate surface area is 150 Å². The second-order valence-corrected chi connectivity index (χ2v) is 6.00. The standard InChI is InChI=1S/C22H18O4/c23-22(11-6-14-24-16-7-2-1-3-8-16)25-17-12-13-21-19(15-17)18-9-4-5-10-20(18)26-21/h1-5,7-10,12-13,15H,6,11,14H2. The molecule has 0 aliphatic rings. The lowest BCUT2D eigenvalue weighted by Crippen LogP contribution is -2.09. The summed E-state index contributed by atoms with van der Waals surface area (Å²) in [6.07, 6.45) is 0.904. The summed E-state index contributed by atoms with van der Waals surface area (Å²) in [5.74, 6) is 1.06. The first-order valence-electron chi connectivity index (χ1n) is 8.59. The lowest BCUT2D eigenvalue weighted by Gasteiger charge is -2.06. The SMILES string of the molecule is O=C(CCCOc1ccccc1)Oc1ccc2oc3ccccc3c2c1. The first kappa shape index (κ1) is 16.2.